The molecule has 52 valence electrons. The summed E-state index contributed by atoms with van der Waals surface area (Å²) >= 11 is 0. The summed E-state index contributed by atoms with van der Waals surface area (Å²) in [7, 11) is 0. The number of hydrogen-bond acceptors (Lipinski definition) is 0. The molecule has 2 rings (SSSR count). The van der Waals surface area contributed by atoms with Gasteiger partial charge in [-0.25, -0.2) is 0 Å². The van der Waals surface area contributed by atoms with Gasteiger partial charge >= 0.3 is 0 Å². The summed E-state index contributed by atoms with van der Waals surface area (Å²) in [5.74, 6) is 4.40. The molecule has 2 aliphatic carbocycles. The Kier molecular flexibility index (Phi) is 1.12. The lowest BCUT2D eigenvalue weighted by Gasteiger charge is -1.90. The highest BCUT2D eigenvalue weighted by molar-refractivity contribution is 4.94. The average molecular weight is 124 g/mol. The Labute approximate surface area is 57.6 Å². The third-order valence-electron chi connectivity index (χ3n) is 3.34. The van der Waals surface area contributed by atoms with Crippen LogP contribution in [0.2, 0.25) is 0 Å². The molecule has 2 fully saturated rings. The van der Waals surface area contributed by atoms with Gasteiger partial charge < -0.3 is 0 Å². The standard InChI is InChI=1S/C9H16/c1-6-7(2)9(6)5-8-3-4-8/h6-9H,3-5H2,1-2H3/t6-,7?,9?/m1/s1. The van der Waals surface area contributed by atoms with Gasteiger partial charge in [-0.2, -0.15) is 0 Å². The maximum absolute atomic E-state index is 2.40. The molecule has 0 bridgehead atoms. The molecule has 0 spiro atoms. The van der Waals surface area contributed by atoms with Gasteiger partial charge in [-0.15, -0.1) is 0 Å². The maximum atomic E-state index is 2.40. The topological polar surface area (TPSA) is 0 Å². The van der Waals surface area contributed by atoms with Crippen molar-refractivity contribution in [3.05, 3.63) is 0 Å². The first-order chi connectivity index (χ1) is 4.29. The molecule has 9 heavy (non-hydrogen) atoms. The molecular formula is C9H16. The molecule has 0 heteroatoms. The van der Waals surface area contributed by atoms with Crippen LogP contribution < -0.4 is 0 Å². The Morgan fingerprint density at radius 3 is 2.00 bits per heavy atom. The Morgan fingerprint density at radius 1 is 1.11 bits per heavy atom. The van der Waals surface area contributed by atoms with Crippen LogP contribution in [0.15, 0.2) is 0 Å². The maximum Gasteiger partial charge on any atom is -0.0355 e. The van der Waals surface area contributed by atoms with Crippen LogP contribution in [0, 0.1) is 23.7 Å². The molecule has 0 heterocycles. The zero-order valence-corrected chi connectivity index (χ0v) is 6.43. The second kappa shape index (κ2) is 1.74. The minimum atomic E-state index is 1.06. The molecule has 0 nitrogen and oxygen atoms in total. The lowest BCUT2D eigenvalue weighted by Crippen LogP contribution is -1.81. The SMILES string of the molecule is CC1C(CC2CC2)[C@@H]1C. The van der Waals surface area contributed by atoms with Gasteiger partial charge in [0.1, 0.15) is 0 Å². The van der Waals surface area contributed by atoms with E-state index in [2.05, 4.69) is 13.8 Å². The van der Waals surface area contributed by atoms with Crippen molar-refractivity contribution in [3.8, 4) is 0 Å². The average Bonchev–Trinajstić information content (AvgIpc) is 2.69. The van der Waals surface area contributed by atoms with Gasteiger partial charge in [0.15, 0.2) is 0 Å². The van der Waals surface area contributed by atoms with E-state index in [0.717, 1.165) is 23.7 Å². The number of hydrogen-bond donors (Lipinski definition) is 0. The van der Waals surface area contributed by atoms with E-state index >= 15 is 0 Å². The van der Waals surface area contributed by atoms with Crippen LogP contribution in [-0.2, 0) is 0 Å². The normalized spacial score (nSPS) is 49.3. The van der Waals surface area contributed by atoms with Crippen LogP contribution >= 0.6 is 0 Å². The van der Waals surface area contributed by atoms with Crippen molar-refractivity contribution in [2.24, 2.45) is 23.7 Å². The predicted molar refractivity (Wildman–Crippen MR) is 39.2 cm³/mol. The van der Waals surface area contributed by atoms with E-state index in [4.69, 9.17) is 0 Å². The summed E-state index contributed by atoms with van der Waals surface area (Å²) in [4.78, 5) is 0. The van der Waals surface area contributed by atoms with Crippen LogP contribution in [0.5, 0.6) is 0 Å². The molecule has 0 amide bonds. The molecule has 0 aromatic rings. The lowest BCUT2D eigenvalue weighted by molar-refractivity contribution is 0.599. The van der Waals surface area contributed by atoms with E-state index in [0.29, 0.717) is 0 Å². The van der Waals surface area contributed by atoms with Crippen molar-refractivity contribution in [1.29, 1.82) is 0 Å². The summed E-state index contributed by atoms with van der Waals surface area (Å²) in [6.07, 6.45) is 4.63. The van der Waals surface area contributed by atoms with E-state index in [1.54, 1.807) is 6.42 Å². The third kappa shape index (κ3) is 0.997. The quantitative estimate of drug-likeness (QED) is 0.531. The minimum absolute atomic E-state index is 1.06. The van der Waals surface area contributed by atoms with E-state index in [9.17, 15) is 0 Å². The molecule has 0 aromatic heterocycles. The van der Waals surface area contributed by atoms with Crippen LogP contribution in [0.1, 0.15) is 33.1 Å². The van der Waals surface area contributed by atoms with Gasteiger partial charge in [0.05, 0.1) is 0 Å². The van der Waals surface area contributed by atoms with Gasteiger partial charge in [0.2, 0.25) is 0 Å². The first kappa shape index (κ1) is 5.76. The molecule has 2 aliphatic rings. The molecule has 0 aliphatic heterocycles. The first-order valence-electron chi connectivity index (χ1n) is 4.29. The highest BCUT2D eigenvalue weighted by Crippen LogP contribution is 2.52. The van der Waals surface area contributed by atoms with E-state index in [1.807, 2.05) is 0 Å². The molecule has 2 saturated carbocycles. The van der Waals surface area contributed by atoms with Crippen LogP contribution in [0.3, 0.4) is 0 Å². The monoisotopic (exact) mass is 124 g/mol. The Hall–Kier alpha value is 0. The van der Waals surface area contributed by atoms with E-state index in [1.165, 1.54) is 12.8 Å². The van der Waals surface area contributed by atoms with Gasteiger partial charge in [-0.3, -0.25) is 0 Å². The van der Waals surface area contributed by atoms with Crippen molar-refractivity contribution in [3.63, 3.8) is 0 Å². The summed E-state index contributed by atoms with van der Waals surface area (Å²) in [5, 5.41) is 0. The molecule has 0 radical (unpaired) electrons. The second-order valence-corrected chi connectivity index (χ2v) is 4.06. The summed E-state index contributed by atoms with van der Waals surface area (Å²) < 4.78 is 0. The molecule has 0 aromatic carbocycles. The predicted octanol–water partition coefficient (Wildman–Crippen LogP) is 2.69. The molecule has 0 saturated heterocycles. The molecule has 0 N–H and O–H groups in total. The highest BCUT2D eigenvalue weighted by Gasteiger charge is 2.44. The van der Waals surface area contributed by atoms with Crippen molar-refractivity contribution in [1.82, 2.24) is 0 Å². The van der Waals surface area contributed by atoms with Crippen LogP contribution in [0.25, 0.3) is 0 Å². The summed E-state index contributed by atoms with van der Waals surface area (Å²) in [5.41, 5.74) is 0. The Bertz CT molecular complexity index is 105. The fraction of sp³-hybridized carbons (Fsp3) is 1.00. The highest BCUT2D eigenvalue weighted by atomic mass is 14.5. The van der Waals surface area contributed by atoms with E-state index in [-0.39, 0.29) is 0 Å². The second-order valence-electron chi connectivity index (χ2n) is 4.06. The molecular weight excluding hydrogens is 108 g/mol. The zero-order chi connectivity index (χ0) is 6.43. The minimum Gasteiger partial charge on any atom is -0.0620 e. The first-order valence-corrected chi connectivity index (χ1v) is 4.29. The Morgan fingerprint density at radius 2 is 1.67 bits per heavy atom. The smallest absolute Gasteiger partial charge is 0.0355 e. The Balaban J connectivity index is 1.75. The zero-order valence-electron chi connectivity index (χ0n) is 6.43. The van der Waals surface area contributed by atoms with E-state index < -0.39 is 0 Å². The van der Waals surface area contributed by atoms with Gasteiger partial charge in [-0.1, -0.05) is 26.7 Å². The van der Waals surface area contributed by atoms with Gasteiger partial charge in [0.25, 0.3) is 0 Å². The third-order valence-corrected chi connectivity index (χ3v) is 3.34. The lowest BCUT2D eigenvalue weighted by atomic mass is 10.2. The summed E-state index contributed by atoms with van der Waals surface area (Å²) in [6.45, 7) is 4.80. The van der Waals surface area contributed by atoms with Gasteiger partial charge in [0, 0.05) is 0 Å². The van der Waals surface area contributed by atoms with Crippen LogP contribution in [0.4, 0.5) is 0 Å². The van der Waals surface area contributed by atoms with Crippen LogP contribution in [-0.4, -0.2) is 0 Å². The van der Waals surface area contributed by atoms with Crippen molar-refractivity contribution < 1.29 is 0 Å². The van der Waals surface area contributed by atoms with Gasteiger partial charge in [-0.05, 0) is 30.1 Å². The fourth-order valence-corrected chi connectivity index (χ4v) is 1.93. The van der Waals surface area contributed by atoms with Crippen molar-refractivity contribution in [2.75, 3.05) is 0 Å². The number of rotatable bonds is 2. The molecule has 2 unspecified atom stereocenters. The largest absolute Gasteiger partial charge is 0.0620 e. The van der Waals surface area contributed by atoms with Crippen molar-refractivity contribution in [2.45, 2.75) is 33.1 Å². The summed E-state index contributed by atoms with van der Waals surface area (Å²) in [6, 6.07) is 0. The molecule has 3 atom stereocenters. The fourth-order valence-electron chi connectivity index (χ4n) is 1.93. The van der Waals surface area contributed by atoms with Crippen molar-refractivity contribution >= 4 is 0 Å².